The molecule has 2 heterocycles. The van der Waals surface area contributed by atoms with E-state index in [1.165, 1.54) is 0 Å². The summed E-state index contributed by atoms with van der Waals surface area (Å²) in [4.78, 5) is 20.3. The zero-order valence-electron chi connectivity index (χ0n) is 24.7. The van der Waals surface area contributed by atoms with Crippen molar-refractivity contribution in [2.45, 2.75) is 0 Å². The summed E-state index contributed by atoms with van der Waals surface area (Å²) in [7, 11) is 0. The van der Waals surface area contributed by atoms with Gasteiger partial charge in [-0.05, 0) is 34.9 Å². The van der Waals surface area contributed by atoms with E-state index in [0.717, 1.165) is 59.7 Å². The molecule has 0 spiro atoms. The minimum Gasteiger partial charge on any atom is -0.398 e. The number of aromatic nitrogens is 4. The summed E-state index contributed by atoms with van der Waals surface area (Å²) in [5.74, 6) is 1.78. The van der Waals surface area contributed by atoms with Crippen molar-refractivity contribution in [2.75, 3.05) is 5.73 Å². The van der Waals surface area contributed by atoms with Gasteiger partial charge in [0, 0.05) is 33.5 Å². The molecule has 2 aromatic heterocycles. The van der Waals surface area contributed by atoms with Crippen LogP contribution in [0.15, 0.2) is 152 Å². The van der Waals surface area contributed by atoms with Crippen molar-refractivity contribution < 1.29 is 0 Å². The van der Waals surface area contributed by atoms with Gasteiger partial charge in [-0.3, -0.25) is 0 Å². The Balaban J connectivity index is 1.34. The molecule has 2 N–H and O–H groups in total. The number of hydrogen-bond donors (Lipinski definition) is 1. The summed E-state index contributed by atoms with van der Waals surface area (Å²) in [6.45, 7) is 0. The maximum atomic E-state index is 6.46. The Labute approximate surface area is 270 Å². The number of rotatable bonds is 6. The van der Waals surface area contributed by atoms with Crippen molar-refractivity contribution in [1.82, 2.24) is 19.9 Å². The number of benzene rings is 6. The molecule has 0 aliphatic carbocycles. The maximum Gasteiger partial charge on any atom is 0.164 e. The Morgan fingerprint density at radius 1 is 0.370 bits per heavy atom. The molecule has 0 fully saturated rings. The third-order valence-electron chi connectivity index (χ3n) is 8.00. The van der Waals surface area contributed by atoms with Gasteiger partial charge in [0.05, 0.1) is 10.2 Å². The molecule has 0 radical (unpaired) electrons. The minimum atomic E-state index is 0.581. The molecule has 218 valence electrons. The first-order chi connectivity index (χ1) is 22.7. The minimum absolute atomic E-state index is 0.581. The molecule has 0 saturated carbocycles. The van der Waals surface area contributed by atoms with E-state index in [-0.39, 0.29) is 0 Å². The molecular formula is C40H27N5S. The zero-order chi connectivity index (χ0) is 30.9. The van der Waals surface area contributed by atoms with Crippen LogP contribution in [0, 0.1) is 0 Å². The molecular weight excluding hydrogens is 583 g/mol. The van der Waals surface area contributed by atoms with Crippen LogP contribution in [0.4, 0.5) is 5.69 Å². The first-order valence-electron chi connectivity index (χ1n) is 15.0. The largest absolute Gasteiger partial charge is 0.398 e. The van der Waals surface area contributed by atoms with Crippen molar-refractivity contribution in [3.8, 4) is 67.0 Å². The monoisotopic (exact) mass is 609 g/mol. The highest BCUT2D eigenvalue weighted by Crippen LogP contribution is 2.41. The molecule has 0 atom stereocenters. The molecule has 0 bridgehead atoms. The van der Waals surface area contributed by atoms with E-state index in [0.29, 0.717) is 23.2 Å². The average Bonchev–Trinajstić information content (AvgIpc) is 3.57. The number of hydrogen-bond acceptors (Lipinski definition) is 6. The molecule has 6 aromatic carbocycles. The van der Waals surface area contributed by atoms with Gasteiger partial charge in [-0.25, -0.2) is 19.9 Å². The molecule has 8 rings (SSSR count). The first-order valence-corrected chi connectivity index (χ1v) is 15.8. The quantitative estimate of drug-likeness (QED) is 0.190. The van der Waals surface area contributed by atoms with Gasteiger partial charge in [-0.1, -0.05) is 133 Å². The fourth-order valence-corrected chi connectivity index (χ4v) is 6.80. The van der Waals surface area contributed by atoms with Gasteiger partial charge in [-0.15, -0.1) is 11.3 Å². The summed E-state index contributed by atoms with van der Waals surface area (Å²) in [5, 5.41) is 0.974. The van der Waals surface area contributed by atoms with Crippen molar-refractivity contribution in [3.05, 3.63) is 152 Å². The van der Waals surface area contributed by atoms with Gasteiger partial charge in [0.15, 0.2) is 17.5 Å². The molecule has 0 unspecified atom stereocenters. The Morgan fingerprint density at radius 2 is 0.826 bits per heavy atom. The third-order valence-corrected chi connectivity index (χ3v) is 9.07. The van der Waals surface area contributed by atoms with Crippen LogP contribution in [0.2, 0.25) is 0 Å². The molecule has 5 nitrogen and oxygen atoms in total. The number of nitrogens with zero attached hydrogens (tertiary/aromatic N) is 4. The van der Waals surface area contributed by atoms with Crippen LogP contribution in [0.5, 0.6) is 0 Å². The molecule has 46 heavy (non-hydrogen) atoms. The van der Waals surface area contributed by atoms with Gasteiger partial charge >= 0.3 is 0 Å². The van der Waals surface area contributed by atoms with Crippen molar-refractivity contribution in [2.24, 2.45) is 0 Å². The lowest BCUT2D eigenvalue weighted by Gasteiger charge is -2.15. The summed E-state index contributed by atoms with van der Waals surface area (Å²) in [6, 6.07) is 51.0. The standard InChI is InChI=1S/C40H27N5S/c41-34-23-11-10-19-30(34)29-18-5-8-21-32(29)39-44-37(26-14-2-1-3-15-26)43-38(45-39)31-20-7-4-16-27(31)28-17-6-9-22-33(28)40-42-35-24-12-13-25-36(35)46-40/h1-25H,41H2. The number of para-hydroxylation sites is 2. The lowest BCUT2D eigenvalue weighted by molar-refractivity contribution is 1.07. The number of thiazole rings is 1. The Hall–Kier alpha value is -5.98. The summed E-state index contributed by atoms with van der Waals surface area (Å²) < 4.78 is 1.16. The second kappa shape index (κ2) is 11.8. The van der Waals surface area contributed by atoms with E-state index >= 15 is 0 Å². The fourth-order valence-electron chi connectivity index (χ4n) is 5.79. The highest BCUT2D eigenvalue weighted by molar-refractivity contribution is 7.21. The van der Waals surface area contributed by atoms with E-state index in [9.17, 15) is 0 Å². The van der Waals surface area contributed by atoms with Crippen LogP contribution < -0.4 is 5.73 Å². The van der Waals surface area contributed by atoms with Crippen LogP contribution in [0.25, 0.3) is 77.2 Å². The van der Waals surface area contributed by atoms with Crippen LogP contribution >= 0.6 is 11.3 Å². The molecule has 8 aromatic rings. The molecule has 0 aliphatic rings. The van der Waals surface area contributed by atoms with Crippen LogP contribution in [-0.2, 0) is 0 Å². The zero-order valence-corrected chi connectivity index (χ0v) is 25.5. The summed E-state index contributed by atoms with van der Waals surface area (Å²) in [6.07, 6.45) is 0. The highest BCUT2D eigenvalue weighted by atomic mass is 32.1. The van der Waals surface area contributed by atoms with Gasteiger partial charge in [0.1, 0.15) is 5.01 Å². The first kappa shape index (κ1) is 27.6. The van der Waals surface area contributed by atoms with E-state index in [1.807, 2.05) is 84.9 Å². The van der Waals surface area contributed by atoms with Crippen LogP contribution in [0.3, 0.4) is 0 Å². The fraction of sp³-hybridized carbons (Fsp3) is 0. The summed E-state index contributed by atoms with van der Waals surface area (Å²) in [5.41, 5.74) is 15.9. The van der Waals surface area contributed by atoms with E-state index in [4.69, 9.17) is 25.7 Å². The topological polar surface area (TPSA) is 77.6 Å². The predicted molar refractivity (Wildman–Crippen MR) is 190 cm³/mol. The maximum absolute atomic E-state index is 6.46. The molecule has 0 saturated heterocycles. The molecule has 0 aliphatic heterocycles. The molecule has 0 amide bonds. The average molecular weight is 610 g/mol. The number of fused-ring (bicyclic) bond motifs is 1. The van der Waals surface area contributed by atoms with Gasteiger partial charge in [0.25, 0.3) is 0 Å². The lowest BCUT2D eigenvalue weighted by atomic mass is 9.95. The predicted octanol–water partition coefficient (Wildman–Crippen LogP) is 10.1. The Morgan fingerprint density at radius 3 is 1.46 bits per heavy atom. The highest BCUT2D eigenvalue weighted by Gasteiger charge is 2.20. The van der Waals surface area contributed by atoms with Gasteiger partial charge in [0.2, 0.25) is 0 Å². The third kappa shape index (κ3) is 5.11. The SMILES string of the molecule is Nc1ccccc1-c1ccccc1-c1nc(-c2ccccc2)nc(-c2ccccc2-c2ccccc2-c2nc3ccccc3s2)n1. The van der Waals surface area contributed by atoms with Crippen LogP contribution in [-0.4, -0.2) is 19.9 Å². The van der Waals surface area contributed by atoms with Gasteiger partial charge in [-0.2, -0.15) is 0 Å². The number of nitrogen functional groups attached to an aromatic ring is 1. The van der Waals surface area contributed by atoms with Gasteiger partial charge < -0.3 is 5.73 Å². The Kier molecular flexibility index (Phi) is 7.09. The normalized spacial score (nSPS) is 11.1. The number of nitrogens with two attached hydrogens (primary N) is 1. The van der Waals surface area contributed by atoms with Crippen molar-refractivity contribution in [3.63, 3.8) is 0 Å². The molecule has 6 heteroatoms. The van der Waals surface area contributed by atoms with E-state index in [2.05, 4.69) is 66.7 Å². The second-order valence-corrected chi connectivity index (χ2v) is 11.9. The Bertz CT molecular complexity index is 2310. The smallest absolute Gasteiger partial charge is 0.164 e. The van der Waals surface area contributed by atoms with Crippen molar-refractivity contribution >= 4 is 27.2 Å². The summed E-state index contributed by atoms with van der Waals surface area (Å²) >= 11 is 1.70. The van der Waals surface area contributed by atoms with E-state index in [1.54, 1.807) is 11.3 Å². The van der Waals surface area contributed by atoms with Crippen molar-refractivity contribution in [1.29, 1.82) is 0 Å². The van der Waals surface area contributed by atoms with E-state index < -0.39 is 0 Å². The van der Waals surface area contributed by atoms with Crippen LogP contribution in [0.1, 0.15) is 0 Å². The lowest BCUT2D eigenvalue weighted by Crippen LogP contribution is -2.02. The number of anilines is 1. The second-order valence-electron chi connectivity index (χ2n) is 10.9.